The fourth-order valence-corrected chi connectivity index (χ4v) is 3.23. The molecule has 0 radical (unpaired) electrons. The van der Waals surface area contributed by atoms with Crippen LogP contribution in [-0.2, 0) is 27.4 Å². The van der Waals surface area contributed by atoms with Crippen LogP contribution in [0.15, 0.2) is 72.9 Å². The Balaban J connectivity index is 1.59. The number of methoxy groups -OCH3 is 1. The van der Waals surface area contributed by atoms with E-state index in [4.69, 9.17) is 9.47 Å². The molecule has 3 rings (SSSR count). The smallest absolute Gasteiger partial charge is 0.337 e. The highest BCUT2D eigenvalue weighted by Crippen LogP contribution is 2.16. The van der Waals surface area contributed by atoms with Gasteiger partial charge < -0.3 is 14.0 Å². The Kier molecular flexibility index (Phi) is 7.44. The maximum Gasteiger partial charge on any atom is 0.337 e. The first-order valence-electron chi connectivity index (χ1n) is 10.5. The summed E-state index contributed by atoms with van der Waals surface area (Å²) < 4.78 is 12.4. The molecule has 0 atom stereocenters. The second-order valence-corrected chi connectivity index (χ2v) is 8.18. The zero-order valence-corrected chi connectivity index (χ0v) is 19.0. The van der Waals surface area contributed by atoms with Gasteiger partial charge in [-0.05, 0) is 44.0 Å². The Morgan fingerprint density at radius 2 is 1.69 bits per heavy atom. The molecule has 5 heteroatoms. The predicted octanol–water partition coefficient (Wildman–Crippen LogP) is 5.21. The number of benzene rings is 2. The number of carbonyl (C=O) groups excluding carboxylic acids is 2. The molecule has 0 aliphatic carbocycles. The van der Waals surface area contributed by atoms with Crippen molar-refractivity contribution in [2.24, 2.45) is 0 Å². The fraction of sp³-hybridized carbons (Fsp3) is 0.259. The van der Waals surface area contributed by atoms with Crippen LogP contribution in [0.4, 0.5) is 0 Å². The van der Waals surface area contributed by atoms with Crippen LogP contribution >= 0.6 is 0 Å². The van der Waals surface area contributed by atoms with E-state index in [-0.39, 0.29) is 5.78 Å². The molecule has 5 nitrogen and oxygen atoms in total. The van der Waals surface area contributed by atoms with E-state index in [1.54, 1.807) is 13.8 Å². The molecule has 0 aliphatic rings. The minimum absolute atomic E-state index is 0.0163. The van der Waals surface area contributed by atoms with Gasteiger partial charge in [0.2, 0.25) is 5.78 Å². The Morgan fingerprint density at radius 1 is 1.00 bits per heavy atom. The molecule has 0 spiro atoms. The molecule has 32 heavy (non-hydrogen) atoms. The van der Waals surface area contributed by atoms with Crippen molar-refractivity contribution in [3.63, 3.8) is 0 Å². The highest BCUT2D eigenvalue weighted by molar-refractivity contribution is 6.08. The van der Waals surface area contributed by atoms with Crippen LogP contribution in [0, 0.1) is 6.92 Å². The van der Waals surface area contributed by atoms with Crippen LogP contribution in [-0.4, -0.2) is 29.0 Å². The minimum Gasteiger partial charge on any atom is -0.467 e. The standard InChI is InChI=1S/C27H29NO4/c1-20-9-15-23(16-10-20)25(29)24-8-6-18-28(24)17-5-7-21-11-13-22(14-12-21)19-32-27(2,3)26(30)31-4/h5-16,18H,17,19H2,1-4H3/b7-5+. The van der Waals surface area contributed by atoms with Crippen molar-refractivity contribution in [3.8, 4) is 0 Å². The van der Waals surface area contributed by atoms with E-state index in [1.807, 2.05) is 90.5 Å². The molecule has 0 amide bonds. The van der Waals surface area contributed by atoms with Gasteiger partial charge in [0, 0.05) is 18.3 Å². The lowest BCUT2D eigenvalue weighted by Gasteiger charge is -2.22. The van der Waals surface area contributed by atoms with Crippen molar-refractivity contribution >= 4 is 17.8 Å². The summed E-state index contributed by atoms with van der Waals surface area (Å²) in [7, 11) is 1.35. The Bertz CT molecular complexity index is 1090. The van der Waals surface area contributed by atoms with Gasteiger partial charge in [0.25, 0.3) is 0 Å². The molecule has 1 aromatic heterocycles. The molecular weight excluding hydrogens is 402 g/mol. The number of rotatable bonds is 9. The third-order valence-electron chi connectivity index (χ3n) is 5.24. The number of hydrogen-bond acceptors (Lipinski definition) is 4. The highest BCUT2D eigenvalue weighted by atomic mass is 16.6. The number of carbonyl (C=O) groups is 2. The summed E-state index contributed by atoms with van der Waals surface area (Å²) in [5, 5.41) is 0. The second kappa shape index (κ2) is 10.2. The summed E-state index contributed by atoms with van der Waals surface area (Å²) in [5.41, 5.74) is 3.50. The SMILES string of the molecule is COC(=O)C(C)(C)OCc1ccc(/C=C/Cn2cccc2C(=O)c2ccc(C)cc2)cc1. The lowest BCUT2D eigenvalue weighted by Crippen LogP contribution is -2.35. The molecule has 0 aliphatic heterocycles. The van der Waals surface area contributed by atoms with Crippen molar-refractivity contribution in [1.82, 2.24) is 4.57 Å². The van der Waals surface area contributed by atoms with Gasteiger partial charge in [-0.15, -0.1) is 0 Å². The summed E-state index contributed by atoms with van der Waals surface area (Å²) in [6.07, 6.45) is 5.95. The van der Waals surface area contributed by atoms with Crippen molar-refractivity contribution in [2.45, 2.75) is 39.5 Å². The van der Waals surface area contributed by atoms with E-state index in [0.29, 0.717) is 24.4 Å². The largest absolute Gasteiger partial charge is 0.467 e. The molecular formula is C27H29NO4. The topological polar surface area (TPSA) is 57.5 Å². The maximum atomic E-state index is 12.8. The number of allylic oxidation sites excluding steroid dienone is 1. The third-order valence-corrected chi connectivity index (χ3v) is 5.24. The Labute approximate surface area is 189 Å². The lowest BCUT2D eigenvalue weighted by molar-refractivity contribution is -0.166. The summed E-state index contributed by atoms with van der Waals surface area (Å²) in [6, 6.07) is 19.3. The highest BCUT2D eigenvalue weighted by Gasteiger charge is 2.29. The van der Waals surface area contributed by atoms with E-state index < -0.39 is 11.6 Å². The summed E-state index contributed by atoms with van der Waals surface area (Å²) in [5.74, 6) is -0.384. The van der Waals surface area contributed by atoms with Gasteiger partial charge in [-0.2, -0.15) is 0 Å². The average molecular weight is 432 g/mol. The first kappa shape index (κ1) is 23.2. The van der Waals surface area contributed by atoms with Crippen LogP contribution < -0.4 is 0 Å². The van der Waals surface area contributed by atoms with Crippen LogP contribution in [0.2, 0.25) is 0 Å². The van der Waals surface area contributed by atoms with Crippen LogP contribution in [0.25, 0.3) is 6.08 Å². The van der Waals surface area contributed by atoms with Crippen molar-refractivity contribution in [2.75, 3.05) is 7.11 Å². The van der Waals surface area contributed by atoms with Crippen molar-refractivity contribution < 1.29 is 19.1 Å². The summed E-state index contributed by atoms with van der Waals surface area (Å²) >= 11 is 0. The average Bonchev–Trinajstić information content (AvgIpc) is 3.26. The number of nitrogens with zero attached hydrogens (tertiary/aromatic N) is 1. The zero-order chi connectivity index (χ0) is 23.1. The van der Waals surface area contributed by atoms with E-state index >= 15 is 0 Å². The van der Waals surface area contributed by atoms with Gasteiger partial charge in [0.05, 0.1) is 19.4 Å². The number of ketones is 1. The summed E-state index contributed by atoms with van der Waals surface area (Å²) in [6.45, 7) is 6.30. The summed E-state index contributed by atoms with van der Waals surface area (Å²) in [4.78, 5) is 24.5. The number of aryl methyl sites for hydroxylation is 1. The molecule has 0 unspecified atom stereocenters. The number of esters is 1. The molecule has 2 aromatic carbocycles. The zero-order valence-electron chi connectivity index (χ0n) is 19.0. The monoisotopic (exact) mass is 431 g/mol. The second-order valence-electron chi connectivity index (χ2n) is 8.18. The molecule has 0 N–H and O–H groups in total. The molecule has 0 fully saturated rings. The molecule has 166 valence electrons. The predicted molar refractivity (Wildman–Crippen MR) is 125 cm³/mol. The Morgan fingerprint density at radius 3 is 2.34 bits per heavy atom. The molecule has 0 saturated carbocycles. The number of ether oxygens (including phenoxy) is 2. The molecule has 3 aromatic rings. The van der Waals surface area contributed by atoms with Gasteiger partial charge in [0.15, 0.2) is 5.60 Å². The van der Waals surface area contributed by atoms with E-state index in [1.165, 1.54) is 7.11 Å². The van der Waals surface area contributed by atoms with Gasteiger partial charge in [-0.25, -0.2) is 4.79 Å². The van der Waals surface area contributed by atoms with Gasteiger partial charge in [0.1, 0.15) is 0 Å². The minimum atomic E-state index is -0.988. The first-order chi connectivity index (χ1) is 15.3. The van der Waals surface area contributed by atoms with E-state index in [0.717, 1.165) is 16.7 Å². The normalized spacial score (nSPS) is 11.6. The molecule has 0 bridgehead atoms. The van der Waals surface area contributed by atoms with Crippen LogP contribution in [0.1, 0.15) is 46.6 Å². The molecule has 0 saturated heterocycles. The van der Waals surface area contributed by atoms with Crippen LogP contribution in [0.5, 0.6) is 0 Å². The van der Waals surface area contributed by atoms with Crippen molar-refractivity contribution in [1.29, 1.82) is 0 Å². The fourth-order valence-electron chi connectivity index (χ4n) is 3.23. The number of aromatic nitrogens is 1. The number of hydrogen-bond donors (Lipinski definition) is 0. The maximum absolute atomic E-state index is 12.8. The Hall–Kier alpha value is -3.44. The van der Waals surface area contributed by atoms with E-state index in [2.05, 4.69) is 0 Å². The van der Waals surface area contributed by atoms with Gasteiger partial charge >= 0.3 is 5.97 Å². The first-order valence-corrected chi connectivity index (χ1v) is 10.5. The molecule has 1 heterocycles. The van der Waals surface area contributed by atoms with Crippen molar-refractivity contribution in [3.05, 3.63) is 101 Å². The third kappa shape index (κ3) is 5.83. The van der Waals surface area contributed by atoms with Gasteiger partial charge in [-0.1, -0.05) is 66.2 Å². The van der Waals surface area contributed by atoms with E-state index in [9.17, 15) is 9.59 Å². The van der Waals surface area contributed by atoms with Crippen LogP contribution in [0.3, 0.4) is 0 Å². The lowest BCUT2D eigenvalue weighted by atomic mass is 10.1. The quantitative estimate of drug-likeness (QED) is 0.345. The van der Waals surface area contributed by atoms with Gasteiger partial charge in [-0.3, -0.25) is 4.79 Å².